The molecule has 0 aliphatic carbocycles. The Bertz CT molecular complexity index is 341. The topological polar surface area (TPSA) is 47.0 Å². The molecular formula is C9H9N3O. The predicted molar refractivity (Wildman–Crippen MR) is 47.3 cm³/mol. The van der Waals surface area contributed by atoms with E-state index < -0.39 is 0 Å². The van der Waals surface area contributed by atoms with E-state index in [4.69, 9.17) is 11.2 Å². The maximum absolute atomic E-state index is 5.48. The highest BCUT2D eigenvalue weighted by atomic mass is 16.5. The molecule has 1 aliphatic heterocycles. The van der Waals surface area contributed by atoms with Crippen molar-refractivity contribution in [3.05, 3.63) is 18.1 Å². The first-order valence-corrected chi connectivity index (χ1v) is 4.04. The van der Waals surface area contributed by atoms with Crippen LogP contribution in [0.15, 0.2) is 12.4 Å². The lowest BCUT2D eigenvalue weighted by molar-refractivity contribution is 0.136. The van der Waals surface area contributed by atoms with Crippen LogP contribution in [0.25, 0.3) is 0 Å². The minimum Gasteiger partial charge on any atom is -0.472 e. The number of hydrogen-bond donors (Lipinski definition) is 1. The molecule has 0 unspecified atom stereocenters. The van der Waals surface area contributed by atoms with Gasteiger partial charge in [-0.15, -0.1) is 6.42 Å². The molecule has 1 N–H and O–H groups in total. The van der Waals surface area contributed by atoms with E-state index in [0.29, 0.717) is 11.6 Å². The fraction of sp³-hybridized carbons (Fsp3) is 0.333. The SMILES string of the molecule is C#Cc1cc(OC2CNC2)ncn1. The Labute approximate surface area is 76.4 Å². The summed E-state index contributed by atoms with van der Waals surface area (Å²) in [5, 5.41) is 3.10. The lowest BCUT2D eigenvalue weighted by Gasteiger charge is -2.26. The number of aromatic nitrogens is 2. The molecule has 4 heteroatoms. The molecule has 2 rings (SSSR count). The van der Waals surface area contributed by atoms with Crippen LogP contribution in [-0.2, 0) is 0 Å². The number of terminal acetylenes is 1. The molecule has 0 atom stereocenters. The molecular weight excluding hydrogens is 166 g/mol. The van der Waals surface area contributed by atoms with E-state index in [9.17, 15) is 0 Å². The van der Waals surface area contributed by atoms with Crippen LogP contribution < -0.4 is 10.1 Å². The Morgan fingerprint density at radius 2 is 2.38 bits per heavy atom. The fourth-order valence-electron chi connectivity index (χ4n) is 0.999. The second-order valence-electron chi connectivity index (χ2n) is 2.78. The number of hydrogen-bond acceptors (Lipinski definition) is 4. The summed E-state index contributed by atoms with van der Waals surface area (Å²) in [5.74, 6) is 2.98. The summed E-state index contributed by atoms with van der Waals surface area (Å²) in [7, 11) is 0. The van der Waals surface area contributed by atoms with Crippen LogP contribution in [0, 0.1) is 12.3 Å². The van der Waals surface area contributed by atoms with Gasteiger partial charge in [0, 0.05) is 19.2 Å². The lowest BCUT2D eigenvalue weighted by atomic mass is 10.2. The van der Waals surface area contributed by atoms with Crippen molar-refractivity contribution in [3.8, 4) is 18.2 Å². The van der Waals surface area contributed by atoms with Crippen LogP contribution in [0.5, 0.6) is 5.88 Å². The standard InChI is InChI=1S/C9H9N3O/c1-2-7-3-9(12-6-11-7)13-8-4-10-5-8/h1,3,6,8,10H,4-5H2. The van der Waals surface area contributed by atoms with Crippen LogP contribution in [0.3, 0.4) is 0 Å². The van der Waals surface area contributed by atoms with Crippen LogP contribution >= 0.6 is 0 Å². The highest BCUT2D eigenvalue weighted by Crippen LogP contribution is 2.09. The van der Waals surface area contributed by atoms with E-state index in [1.165, 1.54) is 6.33 Å². The van der Waals surface area contributed by atoms with Crippen molar-refractivity contribution in [2.45, 2.75) is 6.10 Å². The number of rotatable bonds is 2. The number of nitrogens with zero attached hydrogens (tertiary/aromatic N) is 2. The summed E-state index contributed by atoms with van der Waals surface area (Å²) < 4.78 is 5.48. The average molecular weight is 175 g/mol. The Morgan fingerprint density at radius 3 is 3.00 bits per heavy atom. The van der Waals surface area contributed by atoms with Crippen LogP contribution in [0.4, 0.5) is 0 Å². The molecule has 1 aliphatic rings. The van der Waals surface area contributed by atoms with Crippen molar-refractivity contribution in [3.63, 3.8) is 0 Å². The third-order valence-corrected chi connectivity index (χ3v) is 1.82. The molecule has 66 valence electrons. The Morgan fingerprint density at radius 1 is 1.54 bits per heavy atom. The van der Waals surface area contributed by atoms with E-state index in [1.807, 2.05) is 0 Å². The highest BCUT2D eigenvalue weighted by Gasteiger charge is 2.18. The van der Waals surface area contributed by atoms with Crippen LogP contribution in [0.2, 0.25) is 0 Å². The van der Waals surface area contributed by atoms with E-state index in [0.717, 1.165) is 13.1 Å². The van der Waals surface area contributed by atoms with Gasteiger partial charge in [0.05, 0.1) is 0 Å². The first-order chi connectivity index (χ1) is 6.38. The molecule has 0 radical (unpaired) electrons. The summed E-state index contributed by atoms with van der Waals surface area (Å²) in [6, 6.07) is 1.66. The van der Waals surface area contributed by atoms with Crippen molar-refractivity contribution in [2.75, 3.05) is 13.1 Å². The summed E-state index contributed by atoms with van der Waals surface area (Å²) >= 11 is 0. The molecule has 0 spiro atoms. The maximum atomic E-state index is 5.48. The van der Waals surface area contributed by atoms with Crippen LogP contribution in [0.1, 0.15) is 5.69 Å². The van der Waals surface area contributed by atoms with E-state index >= 15 is 0 Å². The summed E-state index contributed by atoms with van der Waals surface area (Å²) in [6.45, 7) is 1.74. The zero-order valence-corrected chi connectivity index (χ0v) is 7.03. The highest BCUT2D eigenvalue weighted by molar-refractivity contribution is 5.27. The predicted octanol–water partition coefficient (Wildman–Crippen LogP) is -0.192. The quantitative estimate of drug-likeness (QED) is 0.633. The molecule has 1 saturated heterocycles. The lowest BCUT2D eigenvalue weighted by Crippen LogP contribution is -2.50. The normalized spacial score (nSPS) is 15.9. The van der Waals surface area contributed by atoms with Gasteiger partial charge in [0.2, 0.25) is 5.88 Å². The molecule has 4 nitrogen and oxygen atoms in total. The molecule has 0 aromatic carbocycles. The Balaban J connectivity index is 2.07. The first-order valence-electron chi connectivity index (χ1n) is 4.04. The zero-order valence-electron chi connectivity index (χ0n) is 7.03. The maximum Gasteiger partial charge on any atom is 0.217 e. The molecule has 1 aromatic heterocycles. The van der Waals surface area contributed by atoms with Gasteiger partial charge in [-0.05, 0) is 5.92 Å². The minimum absolute atomic E-state index is 0.223. The Kier molecular flexibility index (Phi) is 2.11. The van der Waals surface area contributed by atoms with E-state index in [-0.39, 0.29) is 6.10 Å². The zero-order chi connectivity index (χ0) is 9.10. The average Bonchev–Trinajstić information content (AvgIpc) is 2.12. The molecule has 1 aromatic rings. The molecule has 13 heavy (non-hydrogen) atoms. The van der Waals surface area contributed by atoms with E-state index in [1.54, 1.807) is 6.07 Å². The molecule has 0 amide bonds. The Hall–Kier alpha value is -1.60. The van der Waals surface area contributed by atoms with Gasteiger partial charge in [-0.2, -0.15) is 0 Å². The summed E-state index contributed by atoms with van der Waals surface area (Å²) in [4.78, 5) is 7.82. The summed E-state index contributed by atoms with van der Waals surface area (Å²) in [6.07, 6.45) is 6.82. The van der Waals surface area contributed by atoms with Crippen molar-refractivity contribution in [1.82, 2.24) is 15.3 Å². The van der Waals surface area contributed by atoms with Crippen molar-refractivity contribution in [1.29, 1.82) is 0 Å². The summed E-state index contributed by atoms with van der Waals surface area (Å²) in [5.41, 5.74) is 0.553. The van der Waals surface area contributed by atoms with Gasteiger partial charge in [-0.3, -0.25) is 0 Å². The second kappa shape index (κ2) is 3.42. The van der Waals surface area contributed by atoms with Gasteiger partial charge in [0.1, 0.15) is 18.1 Å². The second-order valence-corrected chi connectivity index (χ2v) is 2.78. The fourth-order valence-corrected chi connectivity index (χ4v) is 0.999. The largest absolute Gasteiger partial charge is 0.472 e. The minimum atomic E-state index is 0.223. The van der Waals surface area contributed by atoms with Gasteiger partial charge < -0.3 is 10.1 Å². The van der Waals surface area contributed by atoms with Crippen molar-refractivity contribution >= 4 is 0 Å². The number of ether oxygens (including phenoxy) is 1. The van der Waals surface area contributed by atoms with Crippen molar-refractivity contribution in [2.24, 2.45) is 0 Å². The van der Waals surface area contributed by atoms with Crippen molar-refractivity contribution < 1.29 is 4.74 Å². The van der Waals surface area contributed by atoms with Gasteiger partial charge in [-0.25, -0.2) is 9.97 Å². The van der Waals surface area contributed by atoms with Crippen LogP contribution in [-0.4, -0.2) is 29.2 Å². The van der Waals surface area contributed by atoms with Gasteiger partial charge in [-0.1, -0.05) is 0 Å². The molecule has 0 bridgehead atoms. The first kappa shape index (κ1) is 8.02. The van der Waals surface area contributed by atoms with Gasteiger partial charge in [0.15, 0.2) is 0 Å². The van der Waals surface area contributed by atoms with E-state index in [2.05, 4.69) is 21.2 Å². The molecule has 2 heterocycles. The number of nitrogens with one attached hydrogen (secondary N) is 1. The third kappa shape index (κ3) is 1.76. The third-order valence-electron chi connectivity index (χ3n) is 1.82. The molecule has 1 fully saturated rings. The molecule has 0 saturated carbocycles. The monoisotopic (exact) mass is 175 g/mol. The van der Waals surface area contributed by atoms with Gasteiger partial charge in [0.25, 0.3) is 0 Å². The van der Waals surface area contributed by atoms with Gasteiger partial charge >= 0.3 is 0 Å². The smallest absolute Gasteiger partial charge is 0.217 e.